The summed E-state index contributed by atoms with van der Waals surface area (Å²) in [5.41, 5.74) is 2.71. The number of nitrogens with one attached hydrogen (secondary N) is 1. The summed E-state index contributed by atoms with van der Waals surface area (Å²) in [6.45, 7) is 0.273. The molecule has 3 aromatic rings. The van der Waals surface area contributed by atoms with Gasteiger partial charge in [0.05, 0.1) is 11.0 Å². The van der Waals surface area contributed by atoms with Gasteiger partial charge in [-0.15, -0.1) is 0 Å². The van der Waals surface area contributed by atoms with E-state index in [-0.39, 0.29) is 12.5 Å². The third kappa shape index (κ3) is 2.94. The van der Waals surface area contributed by atoms with Crippen LogP contribution in [0, 0.1) is 0 Å². The monoisotopic (exact) mass is 325 g/mol. The number of amides is 1. The molecule has 0 unspecified atom stereocenters. The lowest BCUT2D eigenvalue weighted by atomic mass is 10.3. The highest BCUT2D eigenvalue weighted by Crippen LogP contribution is 2.40. The predicted molar refractivity (Wildman–Crippen MR) is 91.8 cm³/mol. The molecule has 0 spiro atoms. The molecule has 0 saturated heterocycles. The normalized spacial score (nSPS) is 14.1. The van der Waals surface area contributed by atoms with Crippen LogP contribution in [0.4, 0.5) is 5.69 Å². The van der Waals surface area contributed by atoms with Crippen LogP contribution in [0.15, 0.2) is 48.5 Å². The third-order valence-electron chi connectivity index (χ3n) is 4.06. The van der Waals surface area contributed by atoms with Crippen LogP contribution in [0.3, 0.4) is 0 Å². The van der Waals surface area contributed by atoms with Crippen molar-refractivity contribution in [2.75, 3.05) is 5.32 Å². The molecule has 0 aliphatic heterocycles. The van der Waals surface area contributed by atoms with Crippen LogP contribution in [0.1, 0.15) is 24.6 Å². The minimum atomic E-state index is -0.0580. The van der Waals surface area contributed by atoms with Gasteiger partial charge in [0.25, 0.3) is 0 Å². The van der Waals surface area contributed by atoms with Crippen LogP contribution >= 0.6 is 11.6 Å². The Morgan fingerprint density at radius 1 is 1.17 bits per heavy atom. The van der Waals surface area contributed by atoms with Gasteiger partial charge in [-0.25, -0.2) is 4.98 Å². The molecule has 1 amide bonds. The first-order valence-electron chi connectivity index (χ1n) is 7.71. The molecule has 5 heteroatoms. The third-order valence-corrected chi connectivity index (χ3v) is 4.31. The van der Waals surface area contributed by atoms with Gasteiger partial charge in [0, 0.05) is 16.6 Å². The highest BCUT2D eigenvalue weighted by atomic mass is 35.5. The molecule has 1 aromatic heterocycles. The molecule has 23 heavy (non-hydrogen) atoms. The largest absolute Gasteiger partial charge is 0.325 e. The highest BCUT2D eigenvalue weighted by Gasteiger charge is 2.30. The molecule has 0 radical (unpaired) electrons. The lowest BCUT2D eigenvalue weighted by Crippen LogP contribution is -2.20. The van der Waals surface area contributed by atoms with Crippen LogP contribution in [0.25, 0.3) is 11.0 Å². The van der Waals surface area contributed by atoms with Gasteiger partial charge in [-0.2, -0.15) is 0 Å². The van der Waals surface area contributed by atoms with E-state index in [0.717, 1.165) is 35.4 Å². The van der Waals surface area contributed by atoms with E-state index in [1.807, 2.05) is 28.8 Å². The Bertz CT molecular complexity index is 866. The Morgan fingerprint density at radius 3 is 2.65 bits per heavy atom. The number of imidazole rings is 1. The number of benzene rings is 2. The fourth-order valence-corrected chi connectivity index (χ4v) is 2.92. The topological polar surface area (TPSA) is 46.9 Å². The number of carbonyl (C=O) groups excluding carboxylic acids is 1. The molecule has 1 heterocycles. The summed E-state index contributed by atoms with van der Waals surface area (Å²) >= 11 is 5.87. The number of aromatic nitrogens is 2. The van der Waals surface area contributed by atoms with Crippen LogP contribution in [0.5, 0.6) is 0 Å². The van der Waals surface area contributed by atoms with E-state index in [1.54, 1.807) is 24.3 Å². The van der Waals surface area contributed by atoms with Gasteiger partial charge in [-0.05, 0) is 49.2 Å². The van der Waals surface area contributed by atoms with Crippen LogP contribution < -0.4 is 5.32 Å². The van der Waals surface area contributed by atoms with Gasteiger partial charge in [0.1, 0.15) is 12.4 Å². The van der Waals surface area contributed by atoms with E-state index >= 15 is 0 Å². The first kappa shape index (κ1) is 14.3. The van der Waals surface area contributed by atoms with Crippen molar-refractivity contribution in [3.05, 3.63) is 59.4 Å². The second-order valence-electron chi connectivity index (χ2n) is 5.87. The van der Waals surface area contributed by atoms with Gasteiger partial charge < -0.3 is 9.88 Å². The number of hydrogen-bond donors (Lipinski definition) is 1. The Kier molecular flexibility index (Phi) is 3.54. The Balaban J connectivity index is 1.60. The molecule has 4 nitrogen and oxygen atoms in total. The summed E-state index contributed by atoms with van der Waals surface area (Å²) < 4.78 is 2.04. The van der Waals surface area contributed by atoms with Crippen LogP contribution in [-0.4, -0.2) is 15.5 Å². The molecule has 1 N–H and O–H groups in total. The molecule has 0 atom stereocenters. The van der Waals surface area contributed by atoms with E-state index in [1.165, 1.54) is 0 Å². The number of anilines is 1. The van der Waals surface area contributed by atoms with Crippen LogP contribution in [0.2, 0.25) is 5.02 Å². The van der Waals surface area contributed by atoms with E-state index < -0.39 is 0 Å². The molecule has 0 bridgehead atoms. The van der Waals surface area contributed by atoms with Crippen molar-refractivity contribution < 1.29 is 4.79 Å². The van der Waals surface area contributed by atoms with E-state index in [2.05, 4.69) is 5.32 Å². The molecule has 1 aliphatic rings. The maximum atomic E-state index is 12.4. The first-order chi connectivity index (χ1) is 11.2. The van der Waals surface area contributed by atoms with Gasteiger partial charge in [-0.1, -0.05) is 23.7 Å². The molecule has 2 aromatic carbocycles. The molecule has 1 aliphatic carbocycles. The summed E-state index contributed by atoms with van der Waals surface area (Å²) in [6.07, 6.45) is 2.31. The van der Waals surface area contributed by atoms with Crippen molar-refractivity contribution in [3.63, 3.8) is 0 Å². The Morgan fingerprint density at radius 2 is 1.91 bits per heavy atom. The molecule has 1 fully saturated rings. The zero-order valence-electron chi connectivity index (χ0n) is 12.5. The van der Waals surface area contributed by atoms with Gasteiger partial charge in [0.15, 0.2) is 0 Å². The number of carbonyl (C=O) groups is 1. The Hall–Kier alpha value is -2.33. The van der Waals surface area contributed by atoms with E-state index in [9.17, 15) is 4.79 Å². The fourth-order valence-electron chi connectivity index (χ4n) is 2.79. The number of hydrogen-bond acceptors (Lipinski definition) is 2. The second kappa shape index (κ2) is 5.70. The van der Waals surface area contributed by atoms with Crippen molar-refractivity contribution in [2.24, 2.45) is 0 Å². The minimum absolute atomic E-state index is 0.0580. The second-order valence-corrected chi connectivity index (χ2v) is 6.31. The SMILES string of the molecule is O=C(Cn1c(C2CC2)nc2ccccc21)Nc1ccc(Cl)cc1. The molecular formula is C18H16ClN3O. The lowest BCUT2D eigenvalue weighted by molar-refractivity contribution is -0.116. The average molecular weight is 326 g/mol. The zero-order chi connectivity index (χ0) is 15.8. The summed E-state index contributed by atoms with van der Waals surface area (Å²) in [7, 11) is 0. The summed E-state index contributed by atoms with van der Waals surface area (Å²) in [5, 5.41) is 3.56. The lowest BCUT2D eigenvalue weighted by Gasteiger charge is -2.10. The fraction of sp³-hybridized carbons (Fsp3) is 0.222. The van der Waals surface area contributed by atoms with Crippen molar-refractivity contribution in [2.45, 2.75) is 25.3 Å². The number of rotatable bonds is 4. The summed E-state index contributed by atoms with van der Waals surface area (Å²) in [6, 6.07) is 15.1. The highest BCUT2D eigenvalue weighted by molar-refractivity contribution is 6.30. The number of nitrogens with zero attached hydrogens (tertiary/aromatic N) is 2. The smallest absolute Gasteiger partial charge is 0.244 e. The molecular weight excluding hydrogens is 310 g/mol. The van der Waals surface area contributed by atoms with Gasteiger partial charge >= 0.3 is 0 Å². The zero-order valence-corrected chi connectivity index (χ0v) is 13.3. The summed E-state index contributed by atoms with van der Waals surface area (Å²) in [4.78, 5) is 17.1. The number of fused-ring (bicyclic) bond motifs is 1. The summed E-state index contributed by atoms with van der Waals surface area (Å²) in [5.74, 6) is 1.46. The van der Waals surface area contributed by atoms with Gasteiger partial charge in [0.2, 0.25) is 5.91 Å². The minimum Gasteiger partial charge on any atom is -0.325 e. The number of halogens is 1. The van der Waals surface area contributed by atoms with E-state index in [4.69, 9.17) is 16.6 Å². The van der Waals surface area contributed by atoms with Crippen molar-refractivity contribution >= 4 is 34.2 Å². The van der Waals surface area contributed by atoms with Gasteiger partial charge in [-0.3, -0.25) is 4.79 Å². The number of para-hydroxylation sites is 2. The Labute approximate surface area is 139 Å². The maximum Gasteiger partial charge on any atom is 0.244 e. The van der Waals surface area contributed by atoms with Crippen molar-refractivity contribution in [3.8, 4) is 0 Å². The van der Waals surface area contributed by atoms with Crippen LogP contribution in [-0.2, 0) is 11.3 Å². The average Bonchev–Trinajstić information content (AvgIpc) is 3.33. The maximum absolute atomic E-state index is 12.4. The van der Waals surface area contributed by atoms with E-state index in [0.29, 0.717) is 10.9 Å². The molecule has 4 rings (SSSR count). The molecule has 116 valence electrons. The van der Waals surface area contributed by atoms with Crippen molar-refractivity contribution in [1.82, 2.24) is 9.55 Å². The van der Waals surface area contributed by atoms with Crippen molar-refractivity contribution in [1.29, 1.82) is 0 Å². The standard InChI is InChI=1S/C18H16ClN3O/c19-13-7-9-14(10-8-13)20-17(23)11-22-16-4-2-1-3-15(16)21-18(22)12-5-6-12/h1-4,7-10,12H,5-6,11H2,(H,20,23). The predicted octanol–water partition coefficient (Wildman–Crippen LogP) is 4.21. The first-order valence-corrected chi connectivity index (χ1v) is 8.09. The molecule has 1 saturated carbocycles. The quantitative estimate of drug-likeness (QED) is 0.781.